The van der Waals surface area contributed by atoms with Crippen LogP contribution >= 0.6 is 31.9 Å². The third-order valence-electron chi connectivity index (χ3n) is 1.64. The highest BCUT2D eigenvalue weighted by Gasteiger charge is 2.20. The zero-order chi connectivity index (χ0) is 11.6. The molecular formula is C8H5Br2F2NO2. The number of hydrogen-bond acceptors (Lipinski definition) is 2. The minimum absolute atomic E-state index is 0.189. The fourth-order valence-corrected chi connectivity index (χ4v) is 1.97. The van der Waals surface area contributed by atoms with Crippen LogP contribution in [0.1, 0.15) is 28.2 Å². The third-order valence-corrected chi connectivity index (χ3v) is 2.85. The van der Waals surface area contributed by atoms with Crippen LogP contribution in [0.3, 0.4) is 0 Å². The Morgan fingerprint density at radius 2 is 2.20 bits per heavy atom. The number of pyridine rings is 1. The van der Waals surface area contributed by atoms with Crippen LogP contribution in [0.15, 0.2) is 10.5 Å². The van der Waals surface area contributed by atoms with E-state index in [0.29, 0.717) is 0 Å². The van der Waals surface area contributed by atoms with Crippen LogP contribution < -0.4 is 0 Å². The highest BCUT2D eigenvalue weighted by molar-refractivity contribution is 9.10. The Morgan fingerprint density at radius 1 is 1.60 bits per heavy atom. The average molecular weight is 345 g/mol. The van der Waals surface area contributed by atoms with Gasteiger partial charge in [-0.15, -0.1) is 0 Å². The molecule has 0 radical (unpaired) electrons. The van der Waals surface area contributed by atoms with Crippen LogP contribution in [0.4, 0.5) is 8.78 Å². The normalized spacial score (nSPS) is 10.7. The molecule has 0 spiro atoms. The smallest absolute Gasteiger partial charge is 0.355 e. The zero-order valence-corrected chi connectivity index (χ0v) is 10.3. The van der Waals surface area contributed by atoms with Crippen molar-refractivity contribution in [1.82, 2.24) is 4.98 Å². The Balaban J connectivity index is 3.37. The molecule has 0 bridgehead atoms. The van der Waals surface area contributed by atoms with Gasteiger partial charge in [0.25, 0.3) is 6.43 Å². The molecule has 0 saturated carbocycles. The first-order chi connectivity index (χ1) is 6.97. The Hall–Kier alpha value is -0.560. The molecule has 0 amide bonds. The molecule has 1 N–H and O–H groups in total. The predicted octanol–water partition coefficient (Wildman–Crippen LogP) is 3.37. The zero-order valence-electron chi connectivity index (χ0n) is 7.18. The van der Waals surface area contributed by atoms with E-state index in [4.69, 9.17) is 5.11 Å². The molecule has 0 atom stereocenters. The number of alkyl halides is 3. The molecule has 1 aromatic rings. The van der Waals surface area contributed by atoms with E-state index in [9.17, 15) is 13.6 Å². The number of carboxylic acids is 1. The second-order valence-electron chi connectivity index (χ2n) is 2.60. The van der Waals surface area contributed by atoms with Gasteiger partial charge in [0.15, 0.2) is 5.69 Å². The highest BCUT2D eigenvalue weighted by atomic mass is 79.9. The Kier molecular flexibility index (Phi) is 4.15. The second-order valence-corrected chi connectivity index (χ2v) is 4.02. The number of aromatic nitrogens is 1. The summed E-state index contributed by atoms with van der Waals surface area (Å²) in [5.41, 5.74) is -0.649. The molecule has 82 valence electrons. The first-order valence-electron chi connectivity index (χ1n) is 3.74. The first kappa shape index (κ1) is 12.5. The summed E-state index contributed by atoms with van der Waals surface area (Å²) in [5.74, 6) is -1.34. The number of rotatable bonds is 3. The maximum atomic E-state index is 12.5. The molecule has 0 aliphatic heterocycles. The summed E-state index contributed by atoms with van der Waals surface area (Å²) in [6.07, 6.45) is -2.79. The molecule has 0 saturated heterocycles. The molecule has 1 aromatic heterocycles. The lowest BCUT2D eigenvalue weighted by Crippen LogP contribution is -2.07. The van der Waals surface area contributed by atoms with Crippen LogP contribution in [0.5, 0.6) is 0 Å². The van der Waals surface area contributed by atoms with Crippen molar-refractivity contribution in [3.8, 4) is 0 Å². The fourth-order valence-electron chi connectivity index (χ4n) is 0.987. The van der Waals surface area contributed by atoms with E-state index in [1.165, 1.54) is 6.07 Å². The van der Waals surface area contributed by atoms with E-state index < -0.39 is 23.8 Å². The van der Waals surface area contributed by atoms with Crippen molar-refractivity contribution in [1.29, 1.82) is 0 Å². The summed E-state index contributed by atoms with van der Waals surface area (Å²) < 4.78 is 25.2. The molecule has 0 unspecified atom stereocenters. The lowest BCUT2D eigenvalue weighted by molar-refractivity contribution is 0.0687. The van der Waals surface area contributed by atoms with Gasteiger partial charge < -0.3 is 5.11 Å². The van der Waals surface area contributed by atoms with Crippen LogP contribution in [0.2, 0.25) is 0 Å². The molecular weight excluding hydrogens is 340 g/mol. The quantitative estimate of drug-likeness (QED) is 0.855. The number of halogens is 4. The van der Waals surface area contributed by atoms with Crippen LogP contribution in [-0.2, 0) is 5.33 Å². The number of carboxylic acid groups (broad SMARTS) is 1. The summed E-state index contributed by atoms with van der Waals surface area (Å²) in [6.45, 7) is 0. The minimum atomic E-state index is -2.79. The largest absolute Gasteiger partial charge is 0.476 e. The van der Waals surface area contributed by atoms with Gasteiger partial charge in [0, 0.05) is 5.33 Å². The van der Waals surface area contributed by atoms with Gasteiger partial charge >= 0.3 is 5.97 Å². The van der Waals surface area contributed by atoms with Crippen LogP contribution in [0, 0.1) is 0 Å². The van der Waals surface area contributed by atoms with E-state index in [2.05, 4.69) is 36.8 Å². The highest BCUT2D eigenvalue weighted by Crippen LogP contribution is 2.27. The Bertz CT molecular complexity index is 398. The molecule has 0 aliphatic carbocycles. The predicted molar refractivity (Wildman–Crippen MR) is 56.5 cm³/mol. The summed E-state index contributed by atoms with van der Waals surface area (Å²) in [6, 6.07) is 1.33. The van der Waals surface area contributed by atoms with Gasteiger partial charge in [-0.25, -0.2) is 18.6 Å². The first-order valence-corrected chi connectivity index (χ1v) is 5.65. The maximum absolute atomic E-state index is 12.5. The van der Waals surface area contributed by atoms with Gasteiger partial charge in [0.2, 0.25) is 0 Å². The van der Waals surface area contributed by atoms with Crippen molar-refractivity contribution in [3.05, 3.63) is 27.5 Å². The molecule has 15 heavy (non-hydrogen) atoms. The minimum Gasteiger partial charge on any atom is -0.476 e. The standard InChI is InChI=1S/C8H5Br2F2NO2/c9-2-3-1-4(10)6(8(14)15)13-5(3)7(11)12/h1,7H,2H2,(H,14,15). The van der Waals surface area contributed by atoms with Crippen LogP contribution in [-0.4, -0.2) is 16.1 Å². The van der Waals surface area contributed by atoms with E-state index in [1.807, 2.05) is 0 Å². The van der Waals surface area contributed by atoms with Crippen molar-refractivity contribution in [2.45, 2.75) is 11.8 Å². The maximum Gasteiger partial charge on any atom is 0.355 e. The number of hydrogen-bond donors (Lipinski definition) is 1. The molecule has 0 aliphatic rings. The third kappa shape index (κ3) is 2.72. The van der Waals surface area contributed by atoms with Gasteiger partial charge in [0.1, 0.15) is 5.69 Å². The molecule has 0 aromatic carbocycles. The molecule has 1 heterocycles. The molecule has 1 rings (SSSR count). The van der Waals surface area contributed by atoms with Gasteiger partial charge in [-0.05, 0) is 27.6 Å². The van der Waals surface area contributed by atoms with Gasteiger partial charge in [-0.1, -0.05) is 15.9 Å². The van der Waals surface area contributed by atoms with Gasteiger partial charge in [-0.2, -0.15) is 0 Å². The van der Waals surface area contributed by atoms with Crippen molar-refractivity contribution in [3.63, 3.8) is 0 Å². The second kappa shape index (κ2) is 4.98. The lowest BCUT2D eigenvalue weighted by Gasteiger charge is -2.08. The van der Waals surface area contributed by atoms with Crippen molar-refractivity contribution in [2.24, 2.45) is 0 Å². The fraction of sp³-hybridized carbons (Fsp3) is 0.250. The molecule has 3 nitrogen and oxygen atoms in total. The van der Waals surface area contributed by atoms with Crippen molar-refractivity contribution < 1.29 is 18.7 Å². The summed E-state index contributed by atoms with van der Waals surface area (Å²) in [7, 11) is 0. The van der Waals surface area contributed by atoms with Gasteiger partial charge in [0.05, 0.1) is 4.47 Å². The summed E-state index contributed by atoms with van der Waals surface area (Å²) >= 11 is 5.99. The topological polar surface area (TPSA) is 50.2 Å². The van der Waals surface area contributed by atoms with Gasteiger partial charge in [-0.3, -0.25) is 0 Å². The summed E-state index contributed by atoms with van der Waals surface area (Å²) in [5, 5.41) is 8.88. The Morgan fingerprint density at radius 3 is 2.60 bits per heavy atom. The lowest BCUT2D eigenvalue weighted by atomic mass is 10.2. The molecule has 7 heteroatoms. The number of carbonyl (C=O) groups is 1. The van der Waals surface area contributed by atoms with Crippen molar-refractivity contribution >= 4 is 37.8 Å². The van der Waals surface area contributed by atoms with E-state index >= 15 is 0 Å². The number of nitrogens with zero attached hydrogens (tertiary/aromatic N) is 1. The SMILES string of the molecule is O=C(O)c1nc(C(F)F)c(CBr)cc1Br. The number of aromatic carboxylic acids is 1. The van der Waals surface area contributed by atoms with E-state index in [1.54, 1.807) is 0 Å². The average Bonchev–Trinajstić information content (AvgIpc) is 2.16. The van der Waals surface area contributed by atoms with Crippen molar-refractivity contribution in [2.75, 3.05) is 0 Å². The van der Waals surface area contributed by atoms with Crippen LogP contribution in [0.25, 0.3) is 0 Å². The monoisotopic (exact) mass is 343 g/mol. The summed E-state index contributed by atoms with van der Waals surface area (Å²) in [4.78, 5) is 14.1. The van der Waals surface area contributed by atoms with E-state index in [-0.39, 0.29) is 15.4 Å². The molecule has 0 fully saturated rings. The van der Waals surface area contributed by atoms with E-state index in [0.717, 1.165) is 0 Å². The Labute approximate surface area is 101 Å².